The van der Waals surface area contributed by atoms with Gasteiger partial charge in [-0.05, 0) is 148 Å². The van der Waals surface area contributed by atoms with E-state index in [-0.39, 0.29) is 0 Å². The highest BCUT2D eigenvalue weighted by Crippen LogP contribution is 2.46. The van der Waals surface area contributed by atoms with Gasteiger partial charge < -0.3 is 13.4 Å². The van der Waals surface area contributed by atoms with Crippen molar-refractivity contribution >= 4 is 87.5 Å². The van der Waals surface area contributed by atoms with E-state index in [2.05, 4.69) is 234 Å². The molecule has 17 rings (SSSR count). The van der Waals surface area contributed by atoms with Crippen LogP contribution < -0.4 is 0 Å². The van der Waals surface area contributed by atoms with Crippen LogP contribution in [0.25, 0.3) is 166 Å². The van der Waals surface area contributed by atoms with Gasteiger partial charge in [-0.25, -0.2) is 4.98 Å². The Morgan fingerprint density at radius 1 is 0.232 bits per heavy atom. The number of furan rings is 2. The highest BCUT2D eigenvalue weighted by atomic mass is 16.3. The lowest BCUT2D eigenvalue weighted by atomic mass is 9.98. The second-order valence-electron chi connectivity index (χ2n) is 21.1. The molecule has 7 nitrogen and oxygen atoms in total. The standard InChI is InChI=1S/C75H45N5O2/c1-5-17-46(18-6-1)50-29-33-63-61(42-50)71-65(79(63)56-40-54(48-21-9-3-10-22-48)39-55(41-56)49-23-11-4-12-24-49)35-36-66-72(71)62-43-51(47-19-7-2-8-20-47)30-34-64(62)80(66)75-77-73(52-31-37-69-59(44-52)57-25-13-15-27-67(57)81-69)76-74(78-75)53-32-38-70-60(45-53)58-26-14-16-28-68(58)82-70/h1-45H. The van der Waals surface area contributed by atoms with Crippen molar-refractivity contribution in [2.24, 2.45) is 0 Å². The molecule has 0 bridgehead atoms. The average molecular weight is 1050 g/mol. The molecule has 0 fully saturated rings. The second-order valence-corrected chi connectivity index (χ2v) is 21.1. The zero-order valence-corrected chi connectivity index (χ0v) is 44.0. The van der Waals surface area contributed by atoms with Crippen molar-refractivity contribution in [3.63, 3.8) is 0 Å². The van der Waals surface area contributed by atoms with Crippen molar-refractivity contribution in [2.45, 2.75) is 0 Å². The van der Waals surface area contributed by atoms with Crippen molar-refractivity contribution in [3.05, 3.63) is 273 Å². The van der Waals surface area contributed by atoms with E-state index in [1.807, 2.05) is 48.5 Å². The molecule has 0 spiro atoms. The van der Waals surface area contributed by atoms with E-state index in [1.54, 1.807) is 0 Å². The van der Waals surface area contributed by atoms with Crippen LogP contribution in [0.2, 0.25) is 0 Å². The van der Waals surface area contributed by atoms with E-state index < -0.39 is 0 Å². The predicted molar refractivity (Wildman–Crippen MR) is 336 cm³/mol. The van der Waals surface area contributed by atoms with Gasteiger partial charge in [0.25, 0.3) is 0 Å². The molecule has 17 aromatic rings. The molecule has 82 heavy (non-hydrogen) atoms. The summed E-state index contributed by atoms with van der Waals surface area (Å²) in [5, 5.41) is 8.50. The molecule has 0 saturated heterocycles. The van der Waals surface area contributed by atoms with Crippen LogP contribution in [0.1, 0.15) is 0 Å². The largest absolute Gasteiger partial charge is 0.456 e. The summed E-state index contributed by atoms with van der Waals surface area (Å²) in [6.07, 6.45) is 0. The number of rotatable bonds is 8. The fourth-order valence-corrected chi connectivity index (χ4v) is 12.5. The van der Waals surface area contributed by atoms with E-state index in [1.165, 1.54) is 0 Å². The Bertz CT molecular complexity index is 5200. The minimum Gasteiger partial charge on any atom is -0.456 e. The second kappa shape index (κ2) is 18.2. The van der Waals surface area contributed by atoms with E-state index in [0.717, 1.165) is 149 Å². The third kappa shape index (κ3) is 7.34. The van der Waals surface area contributed by atoms with Crippen LogP contribution in [-0.2, 0) is 0 Å². The van der Waals surface area contributed by atoms with Crippen molar-refractivity contribution in [2.75, 3.05) is 0 Å². The molecule has 7 heteroatoms. The molecule has 382 valence electrons. The van der Waals surface area contributed by atoms with E-state index in [9.17, 15) is 0 Å². The quantitative estimate of drug-likeness (QED) is 0.152. The lowest BCUT2D eigenvalue weighted by Gasteiger charge is -2.14. The zero-order valence-electron chi connectivity index (χ0n) is 44.0. The number of hydrogen-bond donors (Lipinski definition) is 0. The van der Waals surface area contributed by atoms with Crippen LogP contribution in [0.4, 0.5) is 0 Å². The lowest BCUT2D eigenvalue weighted by Crippen LogP contribution is -2.06. The zero-order chi connectivity index (χ0) is 53.8. The van der Waals surface area contributed by atoms with Crippen LogP contribution in [0.3, 0.4) is 0 Å². The molecule has 0 atom stereocenters. The van der Waals surface area contributed by atoms with Crippen LogP contribution in [0.15, 0.2) is 282 Å². The Morgan fingerprint density at radius 3 is 1.07 bits per heavy atom. The average Bonchev–Trinajstić information content (AvgIpc) is 3.93. The van der Waals surface area contributed by atoms with Gasteiger partial charge in [0, 0.05) is 59.9 Å². The topological polar surface area (TPSA) is 74.8 Å². The third-order valence-electron chi connectivity index (χ3n) is 16.4. The molecule has 0 unspecified atom stereocenters. The molecule has 0 aliphatic heterocycles. The Kier molecular flexibility index (Phi) is 10.2. The maximum absolute atomic E-state index is 6.34. The van der Waals surface area contributed by atoms with Crippen LogP contribution in [0, 0.1) is 0 Å². The molecule has 0 aliphatic rings. The minimum absolute atomic E-state index is 0.498. The Labute approximate surface area is 469 Å². The van der Waals surface area contributed by atoms with Crippen LogP contribution in [-0.4, -0.2) is 24.1 Å². The number of benzene rings is 12. The SMILES string of the molecule is c1ccc(-c2cc(-c3ccccc3)cc(-n3c4ccc(-c5ccccc5)cc4c4c5c6cc(-c7ccccc7)ccc6n(-c6nc(-c7ccc8oc9ccccc9c8c7)nc(-c7ccc8oc9ccccc9c8c7)n6)c5ccc43)c2)cc1. The summed E-state index contributed by atoms with van der Waals surface area (Å²) in [5.74, 6) is 1.58. The Balaban J connectivity index is 0.983. The lowest BCUT2D eigenvalue weighted by molar-refractivity contribution is 0.668. The van der Waals surface area contributed by atoms with Crippen molar-refractivity contribution in [3.8, 4) is 78.9 Å². The minimum atomic E-state index is 0.498. The summed E-state index contributed by atoms with van der Waals surface area (Å²) in [6, 6.07) is 96.9. The van der Waals surface area contributed by atoms with Crippen molar-refractivity contribution in [1.29, 1.82) is 0 Å². The van der Waals surface area contributed by atoms with E-state index >= 15 is 0 Å². The highest BCUT2D eigenvalue weighted by molar-refractivity contribution is 6.29. The smallest absolute Gasteiger partial charge is 0.238 e. The van der Waals surface area contributed by atoms with Gasteiger partial charge in [0.15, 0.2) is 11.6 Å². The first-order chi connectivity index (χ1) is 40.6. The van der Waals surface area contributed by atoms with Crippen molar-refractivity contribution in [1.82, 2.24) is 24.1 Å². The number of hydrogen-bond acceptors (Lipinski definition) is 5. The molecule has 0 aliphatic carbocycles. The Morgan fingerprint density at radius 2 is 0.598 bits per heavy atom. The first-order valence-corrected chi connectivity index (χ1v) is 27.6. The first kappa shape index (κ1) is 45.8. The molecule has 12 aromatic carbocycles. The molecule has 5 heterocycles. The van der Waals surface area contributed by atoms with Gasteiger partial charge in [0.1, 0.15) is 22.3 Å². The summed E-state index contributed by atoms with van der Waals surface area (Å²) in [7, 11) is 0. The van der Waals surface area contributed by atoms with Gasteiger partial charge in [-0.3, -0.25) is 4.57 Å². The Hall–Kier alpha value is -11.2. The molecule has 0 amide bonds. The van der Waals surface area contributed by atoms with E-state index in [0.29, 0.717) is 17.6 Å². The fraction of sp³-hybridized carbons (Fsp3) is 0. The van der Waals surface area contributed by atoms with Gasteiger partial charge in [0.2, 0.25) is 5.95 Å². The van der Waals surface area contributed by atoms with Crippen LogP contribution in [0.5, 0.6) is 0 Å². The van der Waals surface area contributed by atoms with Gasteiger partial charge in [-0.2, -0.15) is 9.97 Å². The normalized spacial score (nSPS) is 11.9. The van der Waals surface area contributed by atoms with Crippen molar-refractivity contribution < 1.29 is 8.83 Å². The monoisotopic (exact) mass is 1050 g/mol. The number of para-hydroxylation sites is 2. The van der Waals surface area contributed by atoms with Crippen LogP contribution >= 0.6 is 0 Å². The highest BCUT2D eigenvalue weighted by Gasteiger charge is 2.25. The summed E-state index contributed by atoms with van der Waals surface area (Å²) in [5.41, 5.74) is 19.2. The van der Waals surface area contributed by atoms with Gasteiger partial charge in [-0.1, -0.05) is 170 Å². The fourth-order valence-electron chi connectivity index (χ4n) is 12.5. The summed E-state index contributed by atoms with van der Waals surface area (Å²) in [4.78, 5) is 16.4. The maximum Gasteiger partial charge on any atom is 0.238 e. The summed E-state index contributed by atoms with van der Waals surface area (Å²) in [6.45, 7) is 0. The number of nitrogens with zero attached hydrogens (tertiary/aromatic N) is 5. The maximum atomic E-state index is 6.34. The molecular formula is C75H45N5O2. The number of fused-ring (bicyclic) bond motifs is 13. The molecule has 0 N–H and O–H groups in total. The molecule has 0 radical (unpaired) electrons. The molecular weight excluding hydrogens is 1000 g/mol. The predicted octanol–water partition coefficient (Wildman–Crippen LogP) is 19.9. The van der Waals surface area contributed by atoms with Gasteiger partial charge >= 0.3 is 0 Å². The summed E-state index contributed by atoms with van der Waals surface area (Å²) >= 11 is 0. The van der Waals surface area contributed by atoms with E-state index in [4.69, 9.17) is 23.8 Å². The molecule has 5 aromatic heterocycles. The number of aromatic nitrogens is 5. The van der Waals surface area contributed by atoms with Gasteiger partial charge in [-0.15, -0.1) is 0 Å². The summed E-state index contributed by atoms with van der Waals surface area (Å²) < 4.78 is 17.4. The molecule has 0 saturated carbocycles. The first-order valence-electron chi connectivity index (χ1n) is 27.6. The third-order valence-corrected chi connectivity index (χ3v) is 16.4. The van der Waals surface area contributed by atoms with Gasteiger partial charge in [0.05, 0.1) is 22.1 Å².